The maximum Gasteiger partial charge on any atom is 0.173 e. The molecule has 29 heavy (non-hydrogen) atoms. The van der Waals surface area contributed by atoms with Crippen LogP contribution in [-0.2, 0) is 11.3 Å². The lowest BCUT2D eigenvalue weighted by Gasteiger charge is -2.29. The highest BCUT2D eigenvalue weighted by atomic mass is 35.5. The van der Waals surface area contributed by atoms with Gasteiger partial charge in [0.1, 0.15) is 11.5 Å². The number of hydrogen-bond donors (Lipinski definition) is 1. The third-order valence-corrected chi connectivity index (χ3v) is 5.71. The van der Waals surface area contributed by atoms with Gasteiger partial charge >= 0.3 is 0 Å². The summed E-state index contributed by atoms with van der Waals surface area (Å²) in [5, 5.41) is 5.07. The van der Waals surface area contributed by atoms with Crippen molar-refractivity contribution < 1.29 is 14.2 Å². The van der Waals surface area contributed by atoms with E-state index in [2.05, 4.69) is 10.2 Å². The van der Waals surface area contributed by atoms with Crippen LogP contribution >= 0.6 is 35.4 Å². The summed E-state index contributed by atoms with van der Waals surface area (Å²) in [4.78, 5) is 2.06. The van der Waals surface area contributed by atoms with Crippen LogP contribution in [0.5, 0.6) is 11.5 Å². The third-order valence-electron chi connectivity index (χ3n) is 4.76. The van der Waals surface area contributed by atoms with Gasteiger partial charge in [-0.1, -0.05) is 29.3 Å². The highest BCUT2D eigenvalue weighted by Gasteiger charge is 2.22. The molecule has 1 saturated heterocycles. The fourth-order valence-corrected chi connectivity index (χ4v) is 3.92. The van der Waals surface area contributed by atoms with Crippen LogP contribution in [0.1, 0.15) is 18.4 Å². The number of nitrogens with zero attached hydrogens (tertiary/aromatic N) is 1. The van der Waals surface area contributed by atoms with Gasteiger partial charge in [0.2, 0.25) is 0 Å². The Morgan fingerprint density at radius 3 is 2.69 bits per heavy atom. The molecular formula is C21H24Cl2N2O3S. The van der Waals surface area contributed by atoms with Crippen LogP contribution in [0.25, 0.3) is 0 Å². The molecule has 1 aliphatic rings. The lowest BCUT2D eigenvalue weighted by molar-refractivity contribution is 0.0905. The van der Waals surface area contributed by atoms with E-state index in [1.54, 1.807) is 20.3 Å². The number of benzene rings is 2. The summed E-state index contributed by atoms with van der Waals surface area (Å²) in [5.41, 5.74) is 1.71. The summed E-state index contributed by atoms with van der Waals surface area (Å²) < 4.78 is 16.6. The molecule has 2 aromatic rings. The Labute approximate surface area is 186 Å². The first-order valence-electron chi connectivity index (χ1n) is 9.33. The van der Waals surface area contributed by atoms with E-state index in [0.717, 1.165) is 30.7 Å². The summed E-state index contributed by atoms with van der Waals surface area (Å²) in [6.07, 6.45) is 2.21. The Kier molecular flexibility index (Phi) is 7.84. The van der Waals surface area contributed by atoms with Crippen molar-refractivity contribution in [3.05, 3.63) is 52.0 Å². The summed E-state index contributed by atoms with van der Waals surface area (Å²) in [6, 6.07) is 11.0. The SMILES string of the molecule is COc1ccc(NC(=S)N(Cc2ccc(Cl)cc2Cl)CC2CCCO2)c(OC)c1. The van der Waals surface area contributed by atoms with Crippen molar-refractivity contribution in [3.63, 3.8) is 0 Å². The molecule has 0 amide bonds. The van der Waals surface area contributed by atoms with Crippen molar-refractivity contribution in [1.82, 2.24) is 4.90 Å². The van der Waals surface area contributed by atoms with Gasteiger partial charge in [0.25, 0.3) is 0 Å². The predicted molar refractivity (Wildman–Crippen MR) is 122 cm³/mol. The van der Waals surface area contributed by atoms with Crippen LogP contribution in [-0.4, -0.2) is 43.5 Å². The molecule has 2 aromatic carbocycles. The van der Waals surface area contributed by atoms with Crippen LogP contribution in [0, 0.1) is 0 Å². The highest BCUT2D eigenvalue weighted by molar-refractivity contribution is 7.80. The minimum Gasteiger partial charge on any atom is -0.497 e. The van der Waals surface area contributed by atoms with Gasteiger partial charge in [0, 0.05) is 35.8 Å². The van der Waals surface area contributed by atoms with E-state index in [9.17, 15) is 0 Å². The Hall–Kier alpha value is -1.73. The zero-order valence-electron chi connectivity index (χ0n) is 16.4. The Balaban J connectivity index is 1.80. The summed E-state index contributed by atoms with van der Waals surface area (Å²) in [6.45, 7) is 2.00. The van der Waals surface area contributed by atoms with Gasteiger partial charge in [-0.3, -0.25) is 0 Å². The molecule has 0 aromatic heterocycles. The third kappa shape index (κ3) is 5.89. The number of nitrogens with one attached hydrogen (secondary N) is 1. The first kappa shape index (κ1) is 22.0. The molecular weight excluding hydrogens is 431 g/mol. The number of thiocarbonyl (C=S) groups is 1. The maximum absolute atomic E-state index is 6.40. The fraction of sp³-hybridized carbons (Fsp3) is 0.381. The maximum atomic E-state index is 6.40. The smallest absolute Gasteiger partial charge is 0.173 e. The number of methoxy groups -OCH3 is 2. The summed E-state index contributed by atoms with van der Waals surface area (Å²) in [5.74, 6) is 1.36. The van der Waals surface area contributed by atoms with E-state index in [0.29, 0.717) is 39.7 Å². The number of ether oxygens (including phenoxy) is 3. The average molecular weight is 455 g/mol. The topological polar surface area (TPSA) is 43.0 Å². The van der Waals surface area contributed by atoms with Crippen LogP contribution in [0.3, 0.4) is 0 Å². The zero-order valence-corrected chi connectivity index (χ0v) is 18.7. The Morgan fingerprint density at radius 2 is 2.03 bits per heavy atom. The largest absolute Gasteiger partial charge is 0.497 e. The van der Waals surface area contributed by atoms with E-state index in [1.807, 2.05) is 30.3 Å². The molecule has 0 saturated carbocycles. The van der Waals surface area contributed by atoms with E-state index in [4.69, 9.17) is 49.6 Å². The summed E-state index contributed by atoms with van der Waals surface area (Å²) in [7, 11) is 3.23. The number of hydrogen-bond acceptors (Lipinski definition) is 4. The lowest BCUT2D eigenvalue weighted by Crippen LogP contribution is -2.39. The molecule has 0 bridgehead atoms. The molecule has 1 heterocycles. The van der Waals surface area contributed by atoms with Gasteiger partial charge in [-0.05, 0) is 54.9 Å². The Morgan fingerprint density at radius 1 is 1.21 bits per heavy atom. The summed E-state index contributed by atoms with van der Waals surface area (Å²) >= 11 is 18.2. The van der Waals surface area contributed by atoms with E-state index < -0.39 is 0 Å². The standard InChI is InChI=1S/C21H24Cl2N2O3S/c1-26-16-7-8-19(20(11-16)27-2)24-21(29)25(13-17-4-3-9-28-17)12-14-5-6-15(22)10-18(14)23/h5-8,10-11,17H,3-4,9,12-13H2,1-2H3,(H,24,29). The predicted octanol–water partition coefficient (Wildman–Crippen LogP) is 5.39. The second kappa shape index (κ2) is 10.3. The number of rotatable bonds is 7. The van der Waals surface area contributed by atoms with Gasteiger partial charge in [-0.15, -0.1) is 0 Å². The number of anilines is 1. The monoisotopic (exact) mass is 454 g/mol. The van der Waals surface area contributed by atoms with E-state index >= 15 is 0 Å². The lowest BCUT2D eigenvalue weighted by atomic mass is 10.2. The molecule has 5 nitrogen and oxygen atoms in total. The van der Waals surface area contributed by atoms with Crippen LogP contribution < -0.4 is 14.8 Å². The van der Waals surface area contributed by atoms with Crippen LogP contribution in [0.2, 0.25) is 10.0 Å². The molecule has 3 rings (SSSR count). The minimum absolute atomic E-state index is 0.138. The molecule has 1 aliphatic heterocycles. The second-order valence-electron chi connectivity index (χ2n) is 6.75. The van der Waals surface area contributed by atoms with Gasteiger partial charge in [0.05, 0.1) is 26.0 Å². The van der Waals surface area contributed by atoms with Crippen molar-refractivity contribution in [2.75, 3.05) is 32.7 Å². The molecule has 156 valence electrons. The van der Waals surface area contributed by atoms with Gasteiger partial charge in [-0.2, -0.15) is 0 Å². The van der Waals surface area contributed by atoms with Crippen LogP contribution in [0.4, 0.5) is 5.69 Å². The number of halogens is 2. The minimum atomic E-state index is 0.138. The van der Waals surface area contributed by atoms with Crippen molar-refractivity contribution >= 4 is 46.2 Å². The molecule has 1 unspecified atom stereocenters. The second-order valence-corrected chi connectivity index (χ2v) is 7.98. The highest BCUT2D eigenvalue weighted by Crippen LogP contribution is 2.30. The van der Waals surface area contributed by atoms with Crippen molar-refractivity contribution in [2.24, 2.45) is 0 Å². The van der Waals surface area contributed by atoms with Crippen molar-refractivity contribution in [1.29, 1.82) is 0 Å². The first-order chi connectivity index (χ1) is 14.0. The van der Waals surface area contributed by atoms with Gasteiger partial charge in [-0.25, -0.2) is 0 Å². The van der Waals surface area contributed by atoms with Crippen molar-refractivity contribution in [2.45, 2.75) is 25.5 Å². The van der Waals surface area contributed by atoms with E-state index in [-0.39, 0.29) is 6.10 Å². The molecule has 0 spiro atoms. The van der Waals surface area contributed by atoms with Crippen LogP contribution in [0.15, 0.2) is 36.4 Å². The Bertz CT molecular complexity index is 860. The first-order valence-corrected chi connectivity index (χ1v) is 10.5. The normalized spacial score (nSPS) is 15.8. The molecule has 1 N–H and O–H groups in total. The van der Waals surface area contributed by atoms with Gasteiger partial charge < -0.3 is 24.4 Å². The molecule has 0 radical (unpaired) electrons. The molecule has 8 heteroatoms. The molecule has 1 atom stereocenters. The van der Waals surface area contributed by atoms with Crippen molar-refractivity contribution in [3.8, 4) is 11.5 Å². The van der Waals surface area contributed by atoms with E-state index in [1.165, 1.54) is 0 Å². The molecule has 1 fully saturated rings. The average Bonchev–Trinajstić information content (AvgIpc) is 3.22. The van der Waals surface area contributed by atoms with Gasteiger partial charge in [0.15, 0.2) is 5.11 Å². The zero-order chi connectivity index (χ0) is 20.8. The fourth-order valence-electron chi connectivity index (χ4n) is 3.20. The molecule has 0 aliphatic carbocycles. The quantitative estimate of drug-likeness (QED) is 0.565.